The molecule has 0 aromatic heterocycles. The number of carbonyl (C=O) groups is 1. The summed E-state index contributed by atoms with van der Waals surface area (Å²) in [6.45, 7) is 5.34. The quantitative estimate of drug-likeness (QED) is 0.615. The Morgan fingerprint density at radius 3 is 2.74 bits per heavy atom. The fourth-order valence-electron chi connectivity index (χ4n) is 1.52. The van der Waals surface area contributed by atoms with Crippen LogP contribution in [-0.4, -0.2) is 43.4 Å². The van der Waals surface area contributed by atoms with Crippen molar-refractivity contribution in [2.75, 3.05) is 27.2 Å². The van der Waals surface area contributed by atoms with Gasteiger partial charge in [-0.2, -0.15) is 0 Å². The summed E-state index contributed by atoms with van der Waals surface area (Å²) in [4.78, 5) is 13.8. The number of thiol groups is 1. The van der Waals surface area contributed by atoms with Gasteiger partial charge in [-0.25, -0.2) is 0 Å². The number of rotatable bonds is 6. The highest BCUT2D eigenvalue weighted by atomic mass is 32.1. The van der Waals surface area contributed by atoms with Gasteiger partial charge >= 0.3 is 0 Å². The Balaban J connectivity index is 2.52. The van der Waals surface area contributed by atoms with Gasteiger partial charge in [0, 0.05) is 13.1 Å². The number of likely N-dealkylation sites (N-methyl/N-ethyl adjacent to an activating group) is 1. The van der Waals surface area contributed by atoms with E-state index in [1.807, 2.05) is 51.0 Å². The lowest BCUT2D eigenvalue weighted by Crippen LogP contribution is -2.38. The lowest BCUT2D eigenvalue weighted by Gasteiger charge is -2.17. The van der Waals surface area contributed by atoms with Crippen molar-refractivity contribution in [3.05, 3.63) is 29.3 Å². The molecule has 0 saturated heterocycles. The second kappa shape index (κ2) is 7.40. The Labute approximate surface area is 120 Å². The van der Waals surface area contributed by atoms with E-state index in [0.717, 1.165) is 17.7 Å². The summed E-state index contributed by atoms with van der Waals surface area (Å²) in [6, 6.07) is 5.76. The molecule has 1 aromatic carbocycles. The van der Waals surface area contributed by atoms with Gasteiger partial charge in [0.1, 0.15) is 5.75 Å². The van der Waals surface area contributed by atoms with E-state index >= 15 is 0 Å². The van der Waals surface area contributed by atoms with Gasteiger partial charge < -0.3 is 15.0 Å². The zero-order valence-electron chi connectivity index (χ0n) is 11.9. The first-order chi connectivity index (χ1) is 8.91. The molecule has 0 aliphatic heterocycles. The first-order valence-electron chi connectivity index (χ1n) is 6.25. The van der Waals surface area contributed by atoms with Gasteiger partial charge in [-0.05, 0) is 45.1 Å². The SMILES string of the molecule is Cc1cccc(OC(S)C(=O)NCCN(C)C)c1C. The zero-order valence-corrected chi connectivity index (χ0v) is 12.8. The Bertz CT molecular complexity index is 435. The maximum Gasteiger partial charge on any atom is 0.271 e. The molecule has 4 nitrogen and oxygen atoms in total. The number of aryl methyl sites for hydroxylation is 1. The summed E-state index contributed by atoms with van der Waals surface area (Å²) < 4.78 is 5.58. The van der Waals surface area contributed by atoms with Crippen molar-refractivity contribution in [3.8, 4) is 5.75 Å². The Kier molecular flexibility index (Phi) is 6.18. The van der Waals surface area contributed by atoms with Crippen LogP contribution in [0.4, 0.5) is 0 Å². The third-order valence-corrected chi connectivity index (χ3v) is 3.22. The molecule has 106 valence electrons. The van der Waals surface area contributed by atoms with Gasteiger partial charge in [0.05, 0.1) is 0 Å². The highest BCUT2D eigenvalue weighted by Gasteiger charge is 2.16. The van der Waals surface area contributed by atoms with Crippen molar-refractivity contribution < 1.29 is 9.53 Å². The molecule has 0 aliphatic rings. The van der Waals surface area contributed by atoms with Gasteiger partial charge in [0.15, 0.2) is 0 Å². The Morgan fingerprint density at radius 2 is 2.11 bits per heavy atom. The normalized spacial score (nSPS) is 12.3. The fourth-order valence-corrected chi connectivity index (χ4v) is 1.72. The summed E-state index contributed by atoms with van der Waals surface area (Å²) >= 11 is 4.19. The minimum atomic E-state index is -0.789. The molecular formula is C14H22N2O2S. The van der Waals surface area contributed by atoms with E-state index in [1.165, 1.54) is 0 Å². The predicted molar refractivity (Wildman–Crippen MR) is 80.9 cm³/mol. The Hall–Kier alpha value is -1.20. The van der Waals surface area contributed by atoms with Gasteiger partial charge in [-0.3, -0.25) is 4.79 Å². The topological polar surface area (TPSA) is 41.6 Å². The molecule has 1 atom stereocenters. The molecule has 0 bridgehead atoms. The standard InChI is InChI=1S/C14H22N2O2S/c1-10-6-5-7-12(11(10)2)18-14(19)13(17)15-8-9-16(3)4/h5-7,14,19H,8-9H2,1-4H3,(H,15,17). The molecule has 19 heavy (non-hydrogen) atoms. The molecule has 1 N–H and O–H groups in total. The summed E-state index contributed by atoms with van der Waals surface area (Å²) in [5, 5.41) is 2.79. The van der Waals surface area contributed by atoms with E-state index in [0.29, 0.717) is 12.3 Å². The largest absolute Gasteiger partial charge is 0.470 e. The van der Waals surface area contributed by atoms with Crippen LogP contribution in [0, 0.1) is 13.8 Å². The van der Waals surface area contributed by atoms with E-state index < -0.39 is 5.44 Å². The van der Waals surface area contributed by atoms with Crippen molar-refractivity contribution in [2.45, 2.75) is 19.3 Å². The smallest absolute Gasteiger partial charge is 0.271 e. The molecule has 0 heterocycles. The third kappa shape index (κ3) is 5.12. The van der Waals surface area contributed by atoms with Crippen LogP contribution in [0.5, 0.6) is 5.75 Å². The molecule has 1 unspecified atom stereocenters. The number of benzene rings is 1. The lowest BCUT2D eigenvalue weighted by molar-refractivity contribution is -0.124. The first-order valence-corrected chi connectivity index (χ1v) is 6.77. The number of nitrogens with one attached hydrogen (secondary N) is 1. The van der Waals surface area contributed by atoms with E-state index in [4.69, 9.17) is 4.74 Å². The van der Waals surface area contributed by atoms with Gasteiger partial charge in [-0.1, -0.05) is 12.1 Å². The average Bonchev–Trinajstić information content (AvgIpc) is 2.34. The van der Waals surface area contributed by atoms with Crippen LogP contribution >= 0.6 is 12.6 Å². The van der Waals surface area contributed by atoms with E-state index in [9.17, 15) is 4.79 Å². The second-order valence-corrected chi connectivity index (χ2v) is 5.23. The third-order valence-electron chi connectivity index (χ3n) is 2.88. The van der Waals surface area contributed by atoms with Crippen molar-refractivity contribution in [1.82, 2.24) is 10.2 Å². The fraction of sp³-hybridized carbons (Fsp3) is 0.500. The Morgan fingerprint density at radius 1 is 1.42 bits per heavy atom. The molecule has 0 aliphatic carbocycles. The van der Waals surface area contributed by atoms with Crippen LogP contribution in [0.1, 0.15) is 11.1 Å². The monoisotopic (exact) mass is 282 g/mol. The average molecular weight is 282 g/mol. The minimum Gasteiger partial charge on any atom is -0.470 e. The number of amides is 1. The molecule has 0 fully saturated rings. The maximum absolute atomic E-state index is 11.8. The number of hydrogen-bond acceptors (Lipinski definition) is 4. The minimum absolute atomic E-state index is 0.217. The van der Waals surface area contributed by atoms with E-state index in [2.05, 4.69) is 17.9 Å². The van der Waals surface area contributed by atoms with Gasteiger partial charge in [-0.15, -0.1) is 12.6 Å². The van der Waals surface area contributed by atoms with Gasteiger partial charge in [0.25, 0.3) is 5.91 Å². The van der Waals surface area contributed by atoms with Crippen molar-refractivity contribution in [3.63, 3.8) is 0 Å². The van der Waals surface area contributed by atoms with Crippen molar-refractivity contribution >= 4 is 18.5 Å². The van der Waals surface area contributed by atoms with E-state index in [-0.39, 0.29) is 5.91 Å². The molecule has 0 saturated carbocycles. The molecular weight excluding hydrogens is 260 g/mol. The molecule has 1 amide bonds. The van der Waals surface area contributed by atoms with Crippen molar-refractivity contribution in [2.24, 2.45) is 0 Å². The van der Waals surface area contributed by atoms with Crippen LogP contribution in [0.25, 0.3) is 0 Å². The van der Waals surface area contributed by atoms with Crippen LogP contribution in [-0.2, 0) is 4.79 Å². The van der Waals surface area contributed by atoms with Crippen LogP contribution in [0.3, 0.4) is 0 Å². The molecule has 0 spiro atoms. The maximum atomic E-state index is 11.8. The number of nitrogens with zero attached hydrogens (tertiary/aromatic N) is 1. The molecule has 0 radical (unpaired) electrons. The van der Waals surface area contributed by atoms with Crippen LogP contribution in [0.2, 0.25) is 0 Å². The number of ether oxygens (including phenoxy) is 1. The summed E-state index contributed by atoms with van der Waals surface area (Å²) in [6.07, 6.45) is 0. The van der Waals surface area contributed by atoms with Crippen molar-refractivity contribution in [1.29, 1.82) is 0 Å². The first kappa shape index (κ1) is 15.9. The summed E-state index contributed by atoms with van der Waals surface area (Å²) in [5.41, 5.74) is 1.37. The molecule has 5 heteroatoms. The summed E-state index contributed by atoms with van der Waals surface area (Å²) in [7, 11) is 3.91. The predicted octanol–water partition coefficient (Wildman–Crippen LogP) is 1.62. The number of carbonyl (C=O) groups excluding carboxylic acids is 1. The zero-order chi connectivity index (χ0) is 14.4. The highest BCUT2D eigenvalue weighted by Crippen LogP contribution is 2.22. The summed E-state index contributed by atoms with van der Waals surface area (Å²) in [5.74, 6) is 0.480. The van der Waals surface area contributed by atoms with E-state index in [1.54, 1.807) is 0 Å². The molecule has 1 rings (SSSR count). The second-order valence-electron chi connectivity index (χ2n) is 4.76. The lowest BCUT2D eigenvalue weighted by atomic mass is 10.1. The van der Waals surface area contributed by atoms with Crippen LogP contribution < -0.4 is 10.1 Å². The molecule has 1 aromatic rings. The van der Waals surface area contributed by atoms with Crippen LogP contribution in [0.15, 0.2) is 18.2 Å². The van der Waals surface area contributed by atoms with Gasteiger partial charge in [0.2, 0.25) is 5.44 Å². The highest BCUT2D eigenvalue weighted by molar-refractivity contribution is 7.81. The number of hydrogen-bond donors (Lipinski definition) is 2.